The second-order valence-electron chi connectivity index (χ2n) is 4.57. The number of hydrogen-bond donors (Lipinski definition) is 2. The molecule has 2 N–H and O–H groups in total. The van der Waals surface area contributed by atoms with Crippen molar-refractivity contribution in [3.63, 3.8) is 0 Å². The lowest BCUT2D eigenvalue weighted by Crippen LogP contribution is -2.35. The van der Waals surface area contributed by atoms with Gasteiger partial charge in [-0.15, -0.1) is 12.4 Å². The van der Waals surface area contributed by atoms with Crippen molar-refractivity contribution in [2.24, 2.45) is 11.8 Å². The molecule has 0 heterocycles. The van der Waals surface area contributed by atoms with E-state index in [2.05, 4.69) is 24.5 Å². The van der Waals surface area contributed by atoms with E-state index >= 15 is 0 Å². The topological polar surface area (TPSA) is 50.4 Å². The second-order valence-corrected chi connectivity index (χ2v) is 4.57. The molecule has 0 aliphatic carbocycles. The van der Waals surface area contributed by atoms with Gasteiger partial charge < -0.3 is 15.4 Å². The molecule has 0 fully saturated rings. The van der Waals surface area contributed by atoms with Crippen molar-refractivity contribution in [1.82, 2.24) is 10.6 Å². The summed E-state index contributed by atoms with van der Waals surface area (Å²) in [5.41, 5.74) is 0. The largest absolute Gasteiger partial charge is 0.381 e. The highest BCUT2D eigenvalue weighted by atomic mass is 35.5. The van der Waals surface area contributed by atoms with Gasteiger partial charge in [-0.2, -0.15) is 0 Å². The van der Waals surface area contributed by atoms with Gasteiger partial charge in [-0.05, 0) is 19.4 Å². The van der Waals surface area contributed by atoms with Crippen LogP contribution in [0.2, 0.25) is 0 Å². The van der Waals surface area contributed by atoms with E-state index in [0.29, 0.717) is 12.5 Å². The number of rotatable bonds is 9. The lowest BCUT2D eigenvalue weighted by atomic mass is 10.1. The van der Waals surface area contributed by atoms with Crippen LogP contribution in [0.1, 0.15) is 27.2 Å². The molecule has 1 atom stereocenters. The van der Waals surface area contributed by atoms with Gasteiger partial charge in [0.25, 0.3) is 0 Å². The fraction of sp³-hybridized carbons (Fsp3) is 0.917. The zero-order valence-corrected chi connectivity index (χ0v) is 12.2. The molecule has 5 heteroatoms. The van der Waals surface area contributed by atoms with Gasteiger partial charge in [0.15, 0.2) is 0 Å². The Bertz CT molecular complexity index is 189. The third-order valence-electron chi connectivity index (χ3n) is 2.17. The molecule has 0 bridgehead atoms. The molecule has 0 aliphatic heterocycles. The van der Waals surface area contributed by atoms with Crippen LogP contribution in [-0.2, 0) is 9.53 Å². The molecule has 1 amide bonds. The highest BCUT2D eigenvalue weighted by Crippen LogP contribution is 1.94. The number of nitrogens with one attached hydrogen (secondary N) is 2. The smallest absolute Gasteiger partial charge is 0.224 e. The second kappa shape index (κ2) is 12.1. The lowest BCUT2D eigenvalue weighted by Gasteiger charge is -2.11. The van der Waals surface area contributed by atoms with Gasteiger partial charge in [0.1, 0.15) is 0 Å². The summed E-state index contributed by atoms with van der Waals surface area (Å²) in [6, 6.07) is 0. The van der Waals surface area contributed by atoms with Crippen LogP contribution >= 0.6 is 12.4 Å². The van der Waals surface area contributed by atoms with Crippen molar-refractivity contribution in [2.45, 2.75) is 27.2 Å². The predicted molar refractivity (Wildman–Crippen MR) is 73.6 cm³/mol. The molecule has 1 unspecified atom stereocenters. The van der Waals surface area contributed by atoms with E-state index in [1.165, 1.54) is 0 Å². The highest BCUT2D eigenvalue weighted by molar-refractivity contribution is 5.85. The Morgan fingerprint density at radius 1 is 1.29 bits per heavy atom. The summed E-state index contributed by atoms with van der Waals surface area (Å²) in [5.74, 6) is 0.713. The molecule has 0 rings (SSSR count). The Kier molecular flexibility index (Phi) is 13.6. The molecular weight excluding hydrogens is 240 g/mol. The molecule has 0 spiro atoms. The fourth-order valence-electron chi connectivity index (χ4n) is 1.28. The van der Waals surface area contributed by atoms with E-state index in [4.69, 9.17) is 4.74 Å². The number of amides is 1. The van der Waals surface area contributed by atoms with Gasteiger partial charge in [0.05, 0.1) is 0 Å². The molecule has 0 radical (unpaired) electrons. The molecule has 4 nitrogen and oxygen atoms in total. The molecule has 0 saturated heterocycles. The van der Waals surface area contributed by atoms with Crippen molar-refractivity contribution >= 4 is 18.3 Å². The standard InChI is InChI=1S/C12H26N2O2.ClH/c1-10(2)9-16-7-5-6-14-12(15)11(3)8-13-4;/h10-11,13H,5-9H2,1-4H3,(H,14,15);1H. The van der Waals surface area contributed by atoms with Crippen molar-refractivity contribution in [1.29, 1.82) is 0 Å². The summed E-state index contributed by atoms with van der Waals surface area (Å²) in [7, 11) is 1.85. The zero-order chi connectivity index (χ0) is 12.4. The van der Waals surface area contributed by atoms with E-state index in [0.717, 1.165) is 26.2 Å². The van der Waals surface area contributed by atoms with Crippen molar-refractivity contribution in [3.05, 3.63) is 0 Å². The summed E-state index contributed by atoms with van der Waals surface area (Å²) in [6.45, 7) is 9.10. The van der Waals surface area contributed by atoms with Gasteiger partial charge in [-0.3, -0.25) is 4.79 Å². The monoisotopic (exact) mass is 266 g/mol. The summed E-state index contributed by atoms with van der Waals surface area (Å²) in [4.78, 5) is 11.5. The molecule has 0 aromatic carbocycles. The van der Waals surface area contributed by atoms with Gasteiger partial charge in [-0.1, -0.05) is 20.8 Å². The molecule has 0 aliphatic rings. The van der Waals surface area contributed by atoms with E-state index in [1.807, 2.05) is 14.0 Å². The van der Waals surface area contributed by atoms with Gasteiger partial charge >= 0.3 is 0 Å². The molecule has 104 valence electrons. The summed E-state index contributed by atoms with van der Waals surface area (Å²) >= 11 is 0. The Balaban J connectivity index is 0. The first kappa shape index (κ1) is 19.0. The first-order chi connectivity index (χ1) is 7.57. The number of hydrogen-bond acceptors (Lipinski definition) is 3. The van der Waals surface area contributed by atoms with Crippen LogP contribution in [0.15, 0.2) is 0 Å². The SMILES string of the molecule is CNCC(C)C(=O)NCCCOCC(C)C.Cl. The summed E-state index contributed by atoms with van der Waals surface area (Å²) < 4.78 is 5.42. The number of ether oxygens (including phenoxy) is 1. The van der Waals surface area contributed by atoms with Gasteiger partial charge in [0, 0.05) is 32.2 Å². The quantitative estimate of drug-likeness (QED) is 0.621. The Hall–Kier alpha value is -0.320. The summed E-state index contributed by atoms with van der Waals surface area (Å²) in [6.07, 6.45) is 0.880. The average molecular weight is 267 g/mol. The van der Waals surface area contributed by atoms with Crippen LogP contribution in [0.3, 0.4) is 0 Å². The average Bonchev–Trinajstić information content (AvgIpc) is 2.22. The van der Waals surface area contributed by atoms with Crippen LogP contribution in [0.4, 0.5) is 0 Å². The van der Waals surface area contributed by atoms with Gasteiger partial charge in [-0.25, -0.2) is 0 Å². The molecule has 0 saturated carbocycles. The fourth-order valence-corrected chi connectivity index (χ4v) is 1.28. The maximum atomic E-state index is 11.5. The van der Waals surface area contributed by atoms with E-state index in [1.54, 1.807) is 0 Å². The molecular formula is C12H27ClN2O2. The summed E-state index contributed by atoms with van der Waals surface area (Å²) in [5, 5.41) is 5.88. The third kappa shape index (κ3) is 11.9. The van der Waals surface area contributed by atoms with Crippen LogP contribution < -0.4 is 10.6 Å². The van der Waals surface area contributed by atoms with Crippen LogP contribution in [0.5, 0.6) is 0 Å². The van der Waals surface area contributed by atoms with E-state index in [9.17, 15) is 4.79 Å². The minimum absolute atomic E-state index is 0. The normalized spacial score (nSPS) is 12.1. The van der Waals surface area contributed by atoms with Crippen LogP contribution in [0, 0.1) is 11.8 Å². The Morgan fingerprint density at radius 2 is 1.94 bits per heavy atom. The molecule has 0 aromatic heterocycles. The maximum Gasteiger partial charge on any atom is 0.224 e. The maximum absolute atomic E-state index is 11.5. The lowest BCUT2D eigenvalue weighted by molar-refractivity contribution is -0.124. The van der Waals surface area contributed by atoms with Crippen molar-refractivity contribution in [2.75, 3.05) is 33.4 Å². The number of halogens is 1. The van der Waals surface area contributed by atoms with Crippen molar-refractivity contribution < 1.29 is 9.53 Å². The first-order valence-electron chi connectivity index (χ1n) is 6.08. The minimum atomic E-state index is 0. The number of carbonyl (C=O) groups is 1. The van der Waals surface area contributed by atoms with Crippen LogP contribution in [-0.4, -0.2) is 39.3 Å². The van der Waals surface area contributed by atoms with Crippen molar-refractivity contribution in [3.8, 4) is 0 Å². The third-order valence-corrected chi connectivity index (χ3v) is 2.17. The van der Waals surface area contributed by atoms with Crippen LogP contribution in [0.25, 0.3) is 0 Å². The molecule has 0 aromatic rings. The highest BCUT2D eigenvalue weighted by Gasteiger charge is 2.10. The molecule has 17 heavy (non-hydrogen) atoms. The van der Waals surface area contributed by atoms with Gasteiger partial charge in [0.2, 0.25) is 5.91 Å². The Labute approximate surface area is 111 Å². The van der Waals surface area contributed by atoms with E-state index < -0.39 is 0 Å². The zero-order valence-electron chi connectivity index (χ0n) is 11.4. The predicted octanol–water partition coefficient (Wildman–Crippen LogP) is 1.44. The first-order valence-corrected chi connectivity index (χ1v) is 6.08. The Morgan fingerprint density at radius 3 is 2.47 bits per heavy atom. The minimum Gasteiger partial charge on any atom is -0.381 e. The number of carbonyl (C=O) groups excluding carboxylic acids is 1. The van der Waals surface area contributed by atoms with E-state index in [-0.39, 0.29) is 24.2 Å².